The average Bonchev–Trinajstić information content (AvgIpc) is 2.84. The number of anilines is 3. The molecule has 1 saturated heterocycles. The number of fused-ring (bicyclic) bond motifs is 2. The van der Waals surface area contributed by atoms with E-state index in [1.165, 1.54) is 57.8 Å². The lowest BCUT2D eigenvalue weighted by molar-refractivity contribution is 0.0106. The Morgan fingerprint density at radius 2 is 1.62 bits per heavy atom. The minimum absolute atomic E-state index is 0.226. The van der Waals surface area contributed by atoms with Crippen molar-refractivity contribution in [2.45, 2.75) is 90.1 Å². The van der Waals surface area contributed by atoms with Crippen LogP contribution in [0.3, 0.4) is 0 Å². The van der Waals surface area contributed by atoms with Crippen LogP contribution in [0.25, 0.3) is 0 Å². The van der Waals surface area contributed by atoms with Crippen LogP contribution in [0.2, 0.25) is 0 Å². The summed E-state index contributed by atoms with van der Waals surface area (Å²) in [4.78, 5) is 11.9. The largest absolute Gasteiger partial charge is 0.393 e. The van der Waals surface area contributed by atoms with Crippen LogP contribution in [0, 0.1) is 28.6 Å². The molecule has 6 fully saturated rings. The van der Waals surface area contributed by atoms with Crippen molar-refractivity contribution in [2.24, 2.45) is 28.6 Å². The molecule has 6 aliphatic rings. The second kappa shape index (κ2) is 5.79. The molecule has 0 spiro atoms. The van der Waals surface area contributed by atoms with Crippen LogP contribution in [0.1, 0.15) is 78.6 Å². The zero-order chi connectivity index (χ0) is 20.0. The van der Waals surface area contributed by atoms with E-state index < -0.39 is 0 Å². The van der Waals surface area contributed by atoms with Crippen molar-refractivity contribution in [3.63, 3.8) is 0 Å². The van der Waals surface area contributed by atoms with Crippen molar-refractivity contribution in [1.82, 2.24) is 9.97 Å². The molecular formula is C24H37N5. The smallest absolute Gasteiger partial charge is 0.157 e. The van der Waals surface area contributed by atoms with Gasteiger partial charge >= 0.3 is 0 Å². The monoisotopic (exact) mass is 395 g/mol. The van der Waals surface area contributed by atoms with E-state index in [-0.39, 0.29) is 5.54 Å². The number of nitrogens with one attached hydrogen (secondary N) is 1. The van der Waals surface area contributed by atoms with E-state index in [0.29, 0.717) is 16.9 Å². The molecule has 1 aromatic rings. The maximum absolute atomic E-state index is 6.76. The Balaban J connectivity index is 1.29. The van der Waals surface area contributed by atoms with Crippen LogP contribution < -0.4 is 16.0 Å². The molecule has 2 atom stereocenters. The summed E-state index contributed by atoms with van der Waals surface area (Å²) in [7, 11) is 0. The van der Waals surface area contributed by atoms with E-state index >= 15 is 0 Å². The Hall–Kier alpha value is -1.52. The van der Waals surface area contributed by atoms with E-state index in [1.54, 1.807) is 6.33 Å². The number of hydrogen-bond donors (Lipinski definition) is 2. The first-order chi connectivity index (χ1) is 13.7. The van der Waals surface area contributed by atoms with E-state index in [2.05, 4.69) is 36.0 Å². The van der Waals surface area contributed by atoms with Crippen molar-refractivity contribution < 1.29 is 0 Å². The fraction of sp³-hybridized carbons (Fsp3) is 0.833. The van der Waals surface area contributed by atoms with E-state index in [9.17, 15) is 0 Å². The molecule has 2 heterocycles. The highest BCUT2D eigenvalue weighted by Crippen LogP contribution is 2.57. The van der Waals surface area contributed by atoms with Gasteiger partial charge in [-0.05, 0) is 86.4 Å². The van der Waals surface area contributed by atoms with Gasteiger partial charge in [-0.25, -0.2) is 9.97 Å². The number of nitrogens with two attached hydrogens (primary N) is 1. The number of nitrogen functional groups attached to an aromatic ring is 1. The summed E-state index contributed by atoms with van der Waals surface area (Å²) in [5.74, 6) is 4.60. The molecule has 6 bridgehead atoms. The van der Waals surface area contributed by atoms with Gasteiger partial charge < -0.3 is 16.0 Å². The lowest BCUT2D eigenvalue weighted by Gasteiger charge is -2.57. The molecule has 7 rings (SSSR count). The van der Waals surface area contributed by atoms with Gasteiger partial charge in [0, 0.05) is 18.1 Å². The topological polar surface area (TPSA) is 67.1 Å². The molecule has 1 aromatic heterocycles. The van der Waals surface area contributed by atoms with Crippen LogP contribution in [0.4, 0.5) is 17.3 Å². The molecule has 158 valence electrons. The first-order valence-corrected chi connectivity index (χ1v) is 11.9. The summed E-state index contributed by atoms with van der Waals surface area (Å²) in [5.41, 5.74) is 8.53. The summed E-state index contributed by atoms with van der Waals surface area (Å²) in [6.07, 6.45) is 13.8. The Bertz CT molecular complexity index is 797. The van der Waals surface area contributed by atoms with Gasteiger partial charge in [0.05, 0.1) is 0 Å². The van der Waals surface area contributed by atoms with Crippen molar-refractivity contribution in [3.8, 4) is 0 Å². The predicted molar refractivity (Wildman–Crippen MR) is 118 cm³/mol. The number of hydrogen-bond acceptors (Lipinski definition) is 5. The zero-order valence-corrected chi connectivity index (χ0v) is 18.4. The molecule has 5 aliphatic carbocycles. The van der Waals surface area contributed by atoms with Gasteiger partial charge in [-0.2, -0.15) is 0 Å². The summed E-state index contributed by atoms with van der Waals surface area (Å²) in [6.45, 7) is 8.36. The molecule has 0 radical (unpaired) electrons. The van der Waals surface area contributed by atoms with Gasteiger partial charge in [0.2, 0.25) is 0 Å². The van der Waals surface area contributed by atoms with Crippen LogP contribution >= 0.6 is 0 Å². The molecule has 2 unspecified atom stereocenters. The maximum atomic E-state index is 6.76. The van der Waals surface area contributed by atoms with Gasteiger partial charge in [0.1, 0.15) is 12.0 Å². The molecule has 0 aromatic carbocycles. The summed E-state index contributed by atoms with van der Waals surface area (Å²) >= 11 is 0. The van der Waals surface area contributed by atoms with E-state index in [1.807, 2.05) is 0 Å². The standard InChI is InChI=1S/C24H37N5/c1-22(2)10-18-11-23(3,12-22)13-29(18)21-19(25)20(26-14-27-21)28-24-7-15-4-16(8-24)6-17(5-15)9-24/h14-18H,4-13,25H2,1-3H3,(H,26,27,28). The van der Waals surface area contributed by atoms with Crippen molar-refractivity contribution in [3.05, 3.63) is 6.33 Å². The Kier molecular flexibility index (Phi) is 3.65. The highest BCUT2D eigenvalue weighted by Gasteiger charge is 2.52. The van der Waals surface area contributed by atoms with Gasteiger partial charge in [-0.1, -0.05) is 20.8 Å². The Labute approximate surface area is 175 Å². The SMILES string of the molecule is CC1(C)CC2CC(C)(CN2c2ncnc(NC34CC5CC(CC(C5)C3)C4)c2N)C1. The van der Waals surface area contributed by atoms with E-state index in [4.69, 9.17) is 10.7 Å². The highest BCUT2D eigenvalue weighted by molar-refractivity contribution is 5.76. The molecule has 0 amide bonds. The molecule has 5 nitrogen and oxygen atoms in total. The summed E-state index contributed by atoms with van der Waals surface area (Å²) < 4.78 is 0. The van der Waals surface area contributed by atoms with Crippen LogP contribution in [-0.2, 0) is 0 Å². The Morgan fingerprint density at radius 3 is 2.28 bits per heavy atom. The molecule has 29 heavy (non-hydrogen) atoms. The summed E-state index contributed by atoms with van der Waals surface area (Å²) in [6, 6.07) is 0.549. The average molecular weight is 396 g/mol. The second-order valence-electron chi connectivity index (χ2n) is 12.6. The van der Waals surface area contributed by atoms with Crippen molar-refractivity contribution in [2.75, 3.05) is 22.5 Å². The third-order valence-corrected chi connectivity index (χ3v) is 8.97. The van der Waals surface area contributed by atoms with Crippen molar-refractivity contribution >= 4 is 17.3 Å². The van der Waals surface area contributed by atoms with Crippen molar-refractivity contribution in [1.29, 1.82) is 0 Å². The first kappa shape index (κ1) is 18.3. The number of aromatic nitrogens is 2. The molecule has 3 N–H and O–H groups in total. The molecular weight excluding hydrogens is 358 g/mol. The third kappa shape index (κ3) is 2.94. The fourth-order valence-corrected chi connectivity index (χ4v) is 8.94. The van der Waals surface area contributed by atoms with E-state index in [0.717, 1.165) is 41.6 Å². The second-order valence-corrected chi connectivity index (χ2v) is 12.6. The summed E-state index contributed by atoms with van der Waals surface area (Å²) in [5, 5.41) is 3.90. The van der Waals surface area contributed by atoms with Gasteiger partial charge in [0.15, 0.2) is 11.6 Å². The number of nitrogens with zero attached hydrogens (tertiary/aromatic N) is 3. The lowest BCUT2D eigenvalue weighted by atomic mass is 9.53. The quantitative estimate of drug-likeness (QED) is 0.766. The lowest BCUT2D eigenvalue weighted by Crippen LogP contribution is -2.55. The first-order valence-electron chi connectivity index (χ1n) is 11.9. The van der Waals surface area contributed by atoms with Gasteiger partial charge in [-0.15, -0.1) is 0 Å². The number of rotatable bonds is 3. The fourth-order valence-electron chi connectivity index (χ4n) is 8.94. The van der Waals surface area contributed by atoms with Gasteiger partial charge in [-0.3, -0.25) is 0 Å². The maximum Gasteiger partial charge on any atom is 0.157 e. The normalized spacial score (nSPS) is 44.3. The molecule has 1 aliphatic heterocycles. The predicted octanol–water partition coefficient (Wildman–Crippen LogP) is 4.84. The van der Waals surface area contributed by atoms with Gasteiger partial charge in [0.25, 0.3) is 0 Å². The zero-order valence-electron chi connectivity index (χ0n) is 18.4. The van der Waals surface area contributed by atoms with Crippen LogP contribution in [-0.4, -0.2) is 28.1 Å². The third-order valence-electron chi connectivity index (χ3n) is 8.97. The minimum Gasteiger partial charge on any atom is -0.393 e. The molecule has 5 saturated carbocycles. The minimum atomic E-state index is 0.226. The highest BCUT2D eigenvalue weighted by atomic mass is 15.3. The van der Waals surface area contributed by atoms with Crippen LogP contribution in [0.15, 0.2) is 6.33 Å². The van der Waals surface area contributed by atoms with Crippen LogP contribution in [0.5, 0.6) is 0 Å². The Morgan fingerprint density at radius 1 is 0.966 bits per heavy atom. The molecule has 5 heteroatoms.